The van der Waals surface area contributed by atoms with E-state index in [4.69, 9.17) is 4.74 Å². The second-order valence-electron chi connectivity index (χ2n) is 5.25. The highest BCUT2D eigenvalue weighted by Gasteiger charge is 2.11. The highest BCUT2D eigenvalue weighted by Crippen LogP contribution is 2.35. The summed E-state index contributed by atoms with van der Waals surface area (Å²) in [4.78, 5) is 4.56. The molecule has 0 N–H and O–H groups in total. The Bertz CT molecular complexity index is 831. The van der Waals surface area contributed by atoms with Crippen LogP contribution in [0.1, 0.15) is 16.7 Å². The van der Waals surface area contributed by atoms with Gasteiger partial charge in [-0.05, 0) is 70.2 Å². The zero-order valence-electron chi connectivity index (χ0n) is 12.4. The van der Waals surface area contributed by atoms with Gasteiger partial charge in [-0.2, -0.15) is 0 Å². The van der Waals surface area contributed by atoms with Crippen molar-refractivity contribution >= 4 is 26.8 Å². The molecule has 0 bridgehead atoms. The molecule has 0 fully saturated rings. The molecule has 22 heavy (non-hydrogen) atoms. The summed E-state index contributed by atoms with van der Waals surface area (Å²) in [7, 11) is 1.64. The Morgan fingerprint density at radius 1 is 1.14 bits per heavy atom. The lowest BCUT2D eigenvalue weighted by atomic mass is 10.0. The quantitative estimate of drug-likeness (QED) is 0.653. The molecule has 1 heterocycles. The molecule has 3 rings (SSSR count). The standard InChI is InChI=1S/C18H15BrFNO/c1-11-7-16(19)18(22-2)17-15(11)9-13(10-21-17)8-12-3-5-14(20)6-4-12/h3-7,9-10H,8H2,1-2H3. The minimum atomic E-state index is -0.217. The van der Waals surface area contributed by atoms with Gasteiger partial charge in [0, 0.05) is 11.6 Å². The van der Waals surface area contributed by atoms with Crippen molar-refractivity contribution in [2.75, 3.05) is 7.11 Å². The minimum Gasteiger partial charge on any atom is -0.493 e. The lowest BCUT2D eigenvalue weighted by Gasteiger charge is -2.11. The van der Waals surface area contributed by atoms with Crippen LogP contribution in [0.2, 0.25) is 0 Å². The summed E-state index contributed by atoms with van der Waals surface area (Å²) < 4.78 is 19.3. The molecule has 0 saturated carbocycles. The summed E-state index contributed by atoms with van der Waals surface area (Å²) >= 11 is 3.51. The number of hydrogen-bond donors (Lipinski definition) is 0. The molecule has 0 saturated heterocycles. The first-order valence-corrected chi connectivity index (χ1v) is 7.74. The molecule has 1 aromatic heterocycles. The number of aryl methyl sites for hydroxylation is 1. The number of rotatable bonds is 3. The Hall–Kier alpha value is -1.94. The first-order valence-electron chi connectivity index (χ1n) is 6.94. The Morgan fingerprint density at radius 3 is 2.55 bits per heavy atom. The molecule has 2 nitrogen and oxygen atoms in total. The van der Waals surface area contributed by atoms with E-state index in [9.17, 15) is 4.39 Å². The smallest absolute Gasteiger partial charge is 0.159 e. The first kappa shape index (κ1) is 15.0. The number of nitrogens with zero attached hydrogens (tertiary/aromatic N) is 1. The molecule has 0 aliphatic rings. The van der Waals surface area contributed by atoms with Crippen molar-refractivity contribution < 1.29 is 9.13 Å². The predicted molar refractivity (Wildman–Crippen MR) is 89.9 cm³/mol. The molecule has 0 aliphatic carbocycles. The van der Waals surface area contributed by atoms with Gasteiger partial charge < -0.3 is 4.74 Å². The van der Waals surface area contributed by atoms with Crippen LogP contribution in [0.5, 0.6) is 5.75 Å². The largest absolute Gasteiger partial charge is 0.493 e. The zero-order chi connectivity index (χ0) is 15.7. The Balaban J connectivity index is 2.04. The van der Waals surface area contributed by atoms with Crippen LogP contribution in [0, 0.1) is 12.7 Å². The van der Waals surface area contributed by atoms with Gasteiger partial charge in [-0.1, -0.05) is 12.1 Å². The van der Waals surface area contributed by atoms with Crippen molar-refractivity contribution in [3.05, 3.63) is 69.6 Å². The zero-order valence-corrected chi connectivity index (χ0v) is 13.9. The number of benzene rings is 2. The van der Waals surface area contributed by atoms with Crippen LogP contribution in [-0.2, 0) is 6.42 Å². The number of fused-ring (bicyclic) bond motifs is 1. The molecule has 0 radical (unpaired) electrons. The molecule has 0 aliphatic heterocycles. The minimum absolute atomic E-state index is 0.217. The topological polar surface area (TPSA) is 22.1 Å². The number of hydrogen-bond acceptors (Lipinski definition) is 2. The Kier molecular flexibility index (Phi) is 4.12. The van der Waals surface area contributed by atoms with Crippen LogP contribution in [0.15, 0.2) is 47.1 Å². The van der Waals surface area contributed by atoms with Gasteiger partial charge in [0.1, 0.15) is 11.3 Å². The maximum atomic E-state index is 13.0. The van der Waals surface area contributed by atoms with Gasteiger partial charge in [-0.15, -0.1) is 0 Å². The molecule has 112 valence electrons. The Morgan fingerprint density at radius 2 is 1.86 bits per heavy atom. The average molecular weight is 360 g/mol. The number of ether oxygens (including phenoxy) is 1. The normalized spacial score (nSPS) is 10.9. The van der Waals surface area contributed by atoms with Crippen LogP contribution in [-0.4, -0.2) is 12.1 Å². The molecular formula is C18H15BrFNO. The van der Waals surface area contributed by atoms with Crippen molar-refractivity contribution in [2.45, 2.75) is 13.3 Å². The van der Waals surface area contributed by atoms with Gasteiger partial charge in [0.2, 0.25) is 0 Å². The molecule has 4 heteroatoms. The summed E-state index contributed by atoms with van der Waals surface area (Å²) in [5, 5.41) is 1.07. The van der Waals surface area contributed by atoms with E-state index in [-0.39, 0.29) is 5.82 Å². The number of methoxy groups -OCH3 is 1. The molecule has 3 aromatic rings. The first-order chi connectivity index (χ1) is 10.6. The third kappa shape index (κ3) is 2.83. The van der Waals surface area contributed by atoms with Gasteiger partial charge in [-0.3, -0.25) is 4.98 Å². The van der Waals surface area contributed by atoms with E-state index >= 15 is 0 Å². The van der Waals surface area contributed by atoms with Crippen LogP contribution < -0.4 is 4.74 Å². The molecule has 0 unspecified atom stereocenters. The third-order valence-corrected chi connectivity index (χ3v) is 4.26. The summed E-state index contributed by atoms with van der Waals surface area (Å²) in [6, 6.07) is 10.7. The van der Waals surface area contributed by atoms with Crippen LogP contribution in [0.4, 0.5) is 4.39 Å². The fourth-order valence-corrected chi connectivity index (χ4v) is 3.26. The third-order valence-electron chi connectivity index (χ3n) is 3.67. The fraction of sp³-hybridized carbons (Fsp3) is 0.167. The van der Waals surface area contributed by atoms with E-state index < -0.39 is 0 Å². The van der Waals surface area contributed by atoms with Crippen LogP contribution >= 0.6 is 15.9 Å². The van der Waals surface area contributed by atoms with E-state index in [0.717, 1.165) is 44.2 Å². The SMILES string of the molecule is COc1c(Br)cc(C)c2cc(Cc3ccc(F)cc3)cnc12. The van der Waals surface area contributed by atoms with E-state index in [0.29, 0.717) is 0 Å². The maximum Gasteiger partial charge on any atom is 0.159 e. The van der Waals surface area contributed by atoms with Crippen molar-refractivity contribution in [3.63, 3.8) is 0 Å². The second kappa shape index (κ2) is 6.05. The van der Waals surface area contributed by atoms with Gasteiger partial charge in [-0.25, -0.2) is 4.39 Å². The van der Waals surface area contributed by atoms with Gasteiger partial charge >= 0.3 is 0 Å². The average Bonchev–Trinajstić information content (AvgIpc) is 2.50. The lowest BCUT2D eigenvalue weighted by Crippen LogP contribution is -1.95. The molecule has 0 atom stereocenters. The van der Waals surface area contributed by atoms with Crippen molar-refractivity contribution in [3.8, 4) is 5.75 Å². The van der Waals surface area contributed by atoms with Gasteiger partial charge in [0.25, 0.3) is 0 Å². The van der Waals surface area contributed by atoms with E-state index in [1.54, 1.807) is 19.2 Å². The number of halogens is 2. The van der Waals surface area contributed by atoms with Gasteiger partial charge in [0.15, 0.2) is 5.75 Å². The lowest BCUT2D eigenvalue weighted by molar-refractivity contribution is 0.416. The fourth-order valence-electron chi connectivity index (χ4n) is 2.56. The second-order valence-corrected chi connectivity index (χ2v) is 6.11. The summed E-state index contributed by atoms with van der Waals surface area (Å²) in [6.45, 7) is 2.05. The van der Waals surface area contributed by atoms with Crippen LogP contribution in [0.25, 0.3) is 10.9 Å². The monoisotopic (exact) mass is 359 g/mol. The van der Waals surface area contributed by atoms with E-state index in [1.807, 2.05) is 12.3 Å². The van der Waals surface area contributed by atoms with Crippen molar-refractivity contribution in [2.24, 2.45) is 0 Å². The molecule has 0 amide bonds. The summed E-state index contributed by atoms with van der Waals surface area (Å²) in [5.74, 6) is 0.528. The van der Waals surface area contributed by atoms with Crippen molar-refractivity contribution in [1.82, 2.24) is 4.98 Å². The summed E-state index contributed by atoms with van der Waals surface area (Å²) in [5.41, 5.74) is 4.13. The number of pyridine rings is 1. The molecule has 0 spiro atoms. The Labute approximate surface area is 137 Å². The number of aromatic nitrogens is 1. The predicted octanol–water partition coefficient (Wildman–Crippen LogP) is 5.04. The molecular weight excluding hydrogens is 345 g/mol. The van der Waals surface area contributed by atoms with Crippen LogP contribution in [0.3, 0.4) is 0 Å². The highest BCUT2D eigenvalue weighted by molar-refractivity contribution is 9.10. The van der Waals surface area contributed by atoms with E-state index in [2.05, 4.69) is 33.9 Å². The van der Waals surface area contributed by atoms with E-state index in [1.165, 1.54) is 12.1 Å². The summed E-state index contributed by atoms with van der Waals surface area (Å²) in [6.07, 6.45) is 2.57. The molecule has 2 aromatic carbocycles. The highest BCUT2D eigenvalue weighted by atomic mass is 79.9. The van der Waals surface area contributed by atoms with Crippen molar-refractivity contribution in [1.29, 1.82) is 0 Å². The van der Waals surface area contributed by atoms with Gasteiger partial charge in [0.05, 0.1) is 11.6 Å². The maximum absolute atomic E-state index is 13.0.